The summed E-state index contributed by atoms with van der Waals surface area (Å²) in [6.07, 6.45) is 4.69. The van der Waals surface area contributed by atoms with Crippen molar-refractivity contribution in [3.63, 3.8) is 0 Å². The molecule has 5 rings (SSSR count). The summed E-state index contributed by atoms with van der Waals surface area (Å²) >= 11 is 0. The molecule has 0 aliphatic carbocycles. The number of hydrogen-bond acceptors (Lipinski definition) is 6. The molecular formula is C23H21N7O2. The Morgan fingerprint density at radius 3 is 2.75 bits per heavy atom. The molecular weight excluding hydrogens is 406 g/mol. The van der Waals surface area contributed by atoms with E-state index in [1.165, 1.54) is 6.33 Å². The molecule has 9 nitrogen and oxygen atoms in total. The number of fused-ring (bicyclic) bond motifs is 1. The summed E-state index contributed by atoms with van der Waals surface area (Å²) in [4.78, 5) is 22.3. The van der Waals surface area contributed by atoms with E-state index >= 15 is 0 Å². The minimum Gasteiger partial charge on any atom is -0.463 e. The van der Waals surface area contributed by atoms with Crippen LogP contribution < -0.4 is 5.32 Å². The van der Waals surface area contributed by atoms with Crippen LogP contribution in [0.25, 0.3) is 22.5 Å². The Labute approximate surface area is 183 Å². The molecule has 1 unspecified atom stereocenters. The quantitative estimate of drug-likeness (QED) is 0.446. The van der Waals surface area contributed by atoms with E-state index < -0.39 is 0 Å². The van der Waals surface area contributed by atoms with E-state index in [0.29, 0.717) is 34.6 Å². The summed E-state index contributed by atoms with van der Waals surface area (Å²) < 4.78 is 8.90. The van der Waals surface area contributed by atoms with Gasteiger partial charge in [0.2, 0.25) is 0 Å². The van der Waals surface area contributed by atoms with Crippen molar-refractivity contribution in [1.82, 2.24) is 34.8 Å². The van der Waals surface area contributed by atoms with E-state index in [0.717, 1.165) is 11.3 Å². The van der Waals surface area contributed by atoms with Gasteiger partial charge in [-0.1, -0.05) is 30.3 Å². The second-order valence-corrected chi connectivity index (χ2v) is 7.49. The average molecular weight is 427 g/mol. The SMILES string of the molecule is Cc1nn(C)c2nc(-c3ccco3)cc(C(=O)NC(Cn3cncn3)c3ccccc3)c12. The summed E-state index contributed by atoms with van der Waals surface area (Å²) in [7, 11) is 1.81. The molecule has 0 aliphatic rings. The molecule has 4 aromatic heterocycles. The van der Waals surface area contributed by atoms with Gasteiger partial charge in [0.15, 0.2) is 11.4 Å². The lowest BCUT2D eigenvalue weighted by Gasteiger charge is -2.19. The zero-order valence-corrected chi connectivity index (χ0v) is 17.6. The lowest BCUT2D eigenvalue weighted by atomic mass is 10.0. The van der Waals surface area contributed by atoms with Gasteiger partial charge < -0.3 is 9.73 Å². The van der Waals surface area contributed by atoms with Crippen molar-refractivity contribution in [3.05, 3.63) is 84.3 Å². The summed E-state index contributed by atoms with van der Waals surface area (Å²) in [6.45, 7) is 2.32. The molecule has 1 atom stereocenters. The number of benzene rings is 1. The van der Waals surface area contributed by atoms with Crippen LogP contribution >= 0.6 is 0 Å². The van der Waals surface area contributed by atoms with Gasteiger partial charge in [-0.2, -0.15) is 10.2 Å². The smallest absolute Gasteiger partial charge is 0.252 e. The fourth-order valence-electron chi connectivity index (χ4n) is 3.84. The highest BCUT2D eigenvalue weighted by Crippen LogP contribution is 2.28. The van der Waals surface area contributed by atoms with Crippen LogP contribution in [0.15, 0.2) is 71.9 Å². The molecule has 1 aromatic carbocycles. The number of carbonyl (C=O) groups is 1. The molecule has 1 amide bonds. The van der Waals surface area contributed by atoms with Crippen molar-refractivity contribution < 1.29 is 9.21 Å². The molecule has 0 saturated heterocycles. The Morgan fingerprint density at radius 1 is 1.19 bits per heavy atom. The number of hydrogen-bond donors (Lipinski definition) is 1. The van der Waals surface area contributed by atoms with Crippen LogP contribution in [0.4, 0.5) is 0 Å². The first-order valence-corrected chi connectivity index (χ1v) is 10.2. The number of furan rings is 1. The summed E-state index contributed by atoms with van der Waals surface area (Å²) in [5.74, 6) is 0.359. The molecule has 0 bridgehead atoms. The number of aromatic nitrogens is 6. The number of amides is 1. The molecule has 4 heterocycles. The second-order valence-electron chi connectivity index (χ2n) is 7.49. The summed E-state index contributed by atoms with van der Waals surface area (Å²) in [6, 6.07) is 14.8. The minimum atomic E-state index is -0.308. The van der Waals surface area contributed by atoms with Gasteiger partial charge in [-0.15, -0.1) is 0 Å². The highest BCUT2D eigenvalue weighted by molar-refractivity contribution is 6.07. The van der Waals surface area contributed by atoms with Gasteiger partial charge in [0, 0.05) is 7.05 Å². The molecule has 160 valence electrons. The largest absolute Gasteiger partial charge is 0.463 e. The van der Waals surface area contributed by atoms with Crippen LogP contribution in [0.2, 0.25) is 0 Å². The van der Waals surface area contributed by atoms with E-state index in [-0.39, 0.29) is 11.9 Å². The number of aryl methyl sites for hydroxylation is 2. The molecule has 32 heavy (non-hydrogen) atoms. The van der Waals surface area contributed by atoms with Gasteiger partial charge in [0.1, 0.15) is 18.3 Å². The van der Waals surface area contributed by atoms with Crippen molar-refractivity contribution in [3.8, 4) is 11.5 Å². The first-order chi connectivity index (χ1) is 15.6. The van der Waals surface area contributed by atoms with E-state index in [4.69, 9.17) is 4.42 Å². The number of pyridine rings is 1. The van der Waals surface area contributed by atoms with Crippen LogP contribution in [-0.2, 0) is 13.6 Å². The maximum atomic E-state index is 13.6. The lowest BCUT2D eigenvalue weighted by Crippen LogP contribution is -2.32. The van der Waals surface area contributed by atoms with Gasteiger partial charge in [0.25, 0.3) is 5.91 Å². The fourth-order valence-corrected chi connectivity index (χ4v) is 3.84. The zero-order valence-electron chi connectivity index (χ0n) is 17.6. The monoisotopic (exact) mass is 427 g/mol. The van der Waals surface area contributed by atoms with Crippen LogP contribution in [0.1, 0.15) is 27.7 Å². The molecule has 9 heteroatoms. The van der Waals surface area contributed by atoms with Crippen LogP contribution in [-0.4, -0.2) is 35.4 Å². The Bertz CT molecular complexity index is 1360. The maximum Gasteiger partial charge on any atom is 0.252 e. The van der Waals surface area contributed by atoms with Gasteiger partial charge >= 0.3 is 0 Å². The molecule has 1 N–H and O–H groups in total. The predicted octanol–water partition coefficient (Wildman–Crippen LogP) is 3.30. The highest BCUT2D eigenvalue weighted by atomic mass is 16.3. The summed E-state index contributed by atoms with van der Waals surface area (Å²) in [5.41, 5.74) is 3.39. The second kappa shape index (κ2) is 8.10. The van der Waals surface area contributed by atoms with Gasteiger partial charge in [0.05, 0.1) is 35.5 Å². The zero-order chi connectivity index (χ0) is 22.1. The van der Waals surface area contributed by atoms with Crippen molar-refractivity contribution in [2.24, 2.45) is 7.05 Å². The van der Waals surface area contributed by atoms with Crippen molar-refractivity contribution in [2.75, 3.05) is 0 Å². The van der Waals surface area contributed by atoms with Crippen LogP contribution in [0.3, 0.4) is 0 Å². The molecule has 0 radical (unpaired) electrons. The number of rotatable bonds is 6. The molecule has 0 fully saturated rings. The third-order valence-corrected chi connectivity index (χ3v) is 5.33. The highest BCUT2D eigenvalue weighted by Gasteiger charge is 2.23. The maximum absolute atomic E-state index is 13.6. The van der Waals surface area contributed by atoms with Crippen molar-refractivity contribution >= 4 is 16.9 Å². The standard InChI is InChI=1S/C23H21N7O2/c1-15-21-17(11-18(20-9-6-10-32-20)26-22(21)29(2)28-15)23(31)27-19(12-30-14-24-13-25-30)16-7-4-3-5-8-16/h3-11,13-14,19H,12H2,1-2H3,(H,27,31). The van der Waals surface area contributed by atoms with E-state index in [1.54, 1.807) is 34.1 Å². The van der Waals surface area contributed by atoms with E-state index in [1.807, 2.05) is 50.4 Å². The third-order valence-electron chi connectivity index (χ3n) is 5.33. The number of nitrogens with zero attached hydrogens (tertiary/aromatic N) is 6. The molecule has 0 spiro atoms. The molecule has 5 aromatic rings. The van der Waals surface area contributed by atoms with Crippen LogP contribution in [0, 0.1) is 6.92 Å². The predicted molar refractivity (Wildman–Crippen MR) is 118 cm³/mol. The lowest BCUT2D eigenvalue weighted by molar-refractivity contribution is 0.0933. The van der Waals surface area contributed by atoms with Crippen molar-refractivity contribution in [2.45, 2.75) is 19.5 Å². The first kappa shape index (κ1) is 19.7. The Morgan fingerprint density at radius 2 is 2.03 bits per heavy atom. The number of carbonyl (C=O) groups excluding carboxylic acids is 1. The summed E-state index contributed by atoms with van der Waals surface area (Å²) in [5, 5.41) is 12.6. The van der Waals surface area contributed by atoms with Gasteiger partial charge in [-0.3, -0.25) is 14.2 Å². The van der Waals surface area contributed by atoms with Gasteiger partial charge in [-0.05, 0) is 30.7 Å². The fraction of sp³-hybridized carbons (Fsp3) is 0.174. The first-order valence-electron chi connectivity index (χ1n) is 10.2. The average Bonchev–Trinajstić information content (AvgIpc) is 3.56. The van der Waals surface area contributed by atoms with Crippen molar-refractivity contribution in [1.29, 1.82) is 0 Å². The Kier molecular flexibility index (Phi) is 4.98. The Balaban J connectivity index is 1.57. The topological polar surface area (TPSA) is 104 Å². The third kappa shape index (κ3) is 3.64. The van der Waals surface area contributed by atoms with Gasteiger partial charge in [-0.25, -0.2) is 9.97 Å². The Hall–Kier alpha value is -4.27. The normalized spacial score (nSPS) is 12.2. The van der Waals surface area contributed by atoms with E-state index in [2.05, 4.69) is 25.5 Å². The molecule has 0 saturated carbocycles. The number of nitrogens with one attached hydrogen (secondary N) is 1. The van der Waals surface area contributed by atoms with Crippen LogP contribution in [0.5, 0.6) is 0 Å². The molecule has 0 aliphatic heterocycles. The minimum absolute atomic E-state index is 0.227. The van der Waals surface area contributed by atoms with E-state index in [9.17, 15) is 4.79 Å².